The van der Waals surface area contributed by atoms with Gasteiger partial charge in [-0.3, -0.25) is 9.97 Å². The van der Waals surface area contributed by atoms with Crippen molar-refractivity contribution in [1.29, 1.82) is 0 Å². The van der Waals surface area contributed by atoms with Crippen LogP contribution in [-0.4, -0.2) is 39.0 Å². The van der Waals surface area contributed by atoms with Crippen molar-refractivity contribution in [2.45, 2.75) is 38.5 Å². The molecule has 492 valence electrons. The quantitative estimate of drug-likeness (QED) is 0.136. The predicted octanol–water partition coefficient (Wildman–Crippen LogP) is 23.9. The summed E-state index contributed by atoms with van der Waals surface area (Å²) in [6, 6.07) is 114. The predicted molar refractivity (Wildman–Crippen MR) is 427 cm³/mol. The number of aromatic nitrogens is 8. The lowest BCUT2D eigenvalue weighted by atomic mass is 9.80. The van der Waals surface area contributed by atoms with E-state index >= 15 is 0 Å². The van der Waals surface area contributed by atoms with E-state index in [0.29, 0.717) is 5.82 Å². The van der Waals surface area contributed by atoms with Crippen molar-refractivity contribution in [2.75, 3.05) is 0 Å². The topological polar surface area (TPSA) is 87.2 Å². The normalized spacial score (nSPS) is 13.0. The Kier molecular flexibility index (Phi) is 14.7. The number of hydrogen-bond acceptors (Lipinski definition) is 6. The molecule has 0 saturated heterocycles. The lowest BCUT2D eigenvalue weighted by Crippen LogP contribution is -2.17. The van der Waals surface area contributed by atoms with Crippen molar-refractivity contribution in [1.82, 2.24) is 39.0 Å². The smallest absolute Gasteiger partial charge is 0.160 e. The van der Waals surface area contributed by atoms with Crippen molar-refractivity contribution in [3.63, 3.8) is 0 Å². The van der Waals surface area contributed by atoms with Crippen molar-refractivity contribution < 1.29 is 0 Å². The number of para-hydroxylation sites is 4. The third-order valence-corrected chi connectivity index (χ3v) is 21.4. The first-order valence-electron chi connectivity index (χ1n) is 35.6. The highest BCUT2D eigenvalue weighted by Gasteiger charge is 2.42. The second-order valence-corrected chi connectivity index (χ2v) is 28.2. The molecule has 104 heavy (non-hydrogen) atoms. The summed E-state index contributed by atoms with van der Waals surface area (Å²) in [6.07, 6.45) is 5.48. The van der Waals surface area contributed by atoms with Gasteiger partial charge in [-0.25, -0.2) is 19.9 Å². The highest BCUT2D eigenvalue weighted by Crippen LogP contribution is 2.54. The summed E-state index contributed by atoms with van der Waals surface area (Å²) >= 11 is 0. The van der Waals surface area contributed by atoms with Crippen molar-refractivity contribution in [3.8, 4) is 124 Å². The van der Waals surface area contributed by atoms with Gasteiger partial charge in [-0.05, 0) is 136 Å². The molecule has 20 rings (SSSR count). The fourth-order valence-electron chi connectivity index (χ4n) is 16.3. The minimum atomic E-state index is -0.258. The van der Waals surface area contributed by atoms with E-state index in [1.54, 1.807) is 0 Å². The molecular weight excluding hydrogens is 1270 g/mol. The third kappa shape index (κ3) is 10.4. The molecule has 8 heteroatoms. The first-order chi connectivity index (χ1) is 51.1. The molecule has 0 bridgehead atoms. The lowest BCUT2D eigenvalue weighted by Gasteiger charge is -2.24. The van der Waals surface area contributed by atoms with E-state index in [-0.39, 0.29) is 10.8 Å². The maximum absolute atomic E-state index is 5.37. The molecule has 0 radical (unpaired) electrons. The SMILES string of the molecule is CC1(C)c2ccccc2-c2nc(-c3ccc(-c4ccncc4)cc3)nc(-c3ccc(-c4ccc5c(c4)c4ccccc4n5-c4ccccc4)cc3)c21.CC1(C)c2ccccc2-c2nc(-c3cccc(-c4ccccn4)c3)nc(-c3ccc(-c4ccc5c(c4)c4ccccc4n5-c4ccccc4)cc3)c21. The molecule has 6 heterocycles. The van der Waals surface area contributed by atoms with Gasteiger partial charge in [-0.15, -0.1) is 0 Å². The van der Waals surface area contributed by atoms with Crippen LogP contribution in [0.25, 0.3) is 167 Å². The van der Waals surface area contributed by atoms with Crippen molar-refractivity contribution in [3.05, 3.63) is 362 Å². The van der Waals surface area contributed by atoms with Crippen LogP contribution >= 0.6 is 0 Å². The van der Waals surface area contributed by atoms with Crippen LogP contribution in [0.1, 0.15) is 49.9 Å². The zero-order chi connectivity index (χ0) is 69.6. The minimum Gasteiger partial charge on any atom is -0.309 e. The highest BCUT2D eigenvalue weighted by molar-refractivity contribution is 6.12. The number of benzene rings is 12. The van der Waals surface area contributed by atoms with E-state index in [2.05, 4.69) is 338 Å². The Morgan fingerprint density at radius 1 is 0.250 bits per heavy atom. The van der Waals surface area contributed by atoms with Gasteiger partial charge in [-0.2, -0.15) is 0 Å². The summed E-state index contributed by atoms with van der Waals surface area (Å²) in [5.74, 6) is 1.44. The van der Waals surface area contributed by atoms with Gasteiger partial charge in [0.2, 0.25) is 0 Å². The first kappa shape index (κ1) is 61.8. The molecule has 0 spiro atoms. The number of nitrogens with zero attached hydrogens (tertiary/aromatic N) is 8. The zero-order valence-electron chi connectivity index (χ0n) is 57.9. The standard InChI is InChI=1S/2C48H34N4/c1-48(2)40-19-8-6-18-38(40)46-44(48)45(50-47(51-46)35-14-12-13-34(29-35)41-20-10-11-28-49-41)32-24-22-31(23-25-32)33-26-27-43-39(30-33)37-17-7-9-21-42(37)52(43)36-15-4-3-5-16-36;1-48(2)41-14-8-6-13-39(41)46-44(48)45(50-47(51-46)35-22-18-31(19-23-35)33-26-28-49-29-27-33)34-20-16-32(17-21-34)36-24-25-43-40(30-36)38-12-7-9-15-42(38)52(43)37-10-4-3-5-11-37/h2*3-30H,1-2H3. The number of rotatable bonds is 10. The van der Waals surface area contributed by atoms with E-state index in [1.165, 1.54) is 99.2 Å². The Morgan fingerprint density at radius 3 is 1.13 bits per heavy atom. The third-order valence-electron chi connectivity index (χ3n) is 21.4. The Morgan fingerprint density at radius 2 is 0.635 bits per heavy atom. The van der Waals surface area contributed by atoms with E-state index in [1.807, 2.05) is 48.9 Å². The molecule has 2 aliphatic rings. The average molecular weight is 1330 g/mol. The summed E-state index contributed by atoms with van der Waals surface area (Å²) in [7, 11) is 0. The summed E-state index contributed by atoms with van der Waals surface area (Å²) < 4.78 is 4.72. The summed E-state index contributed by atoms with van der Waals surface area (Å²) in [4.78, 5) is 30.1. The van der Waals surface area contributed by atoms with Crippen LogP contribution in [0.5, 0.6) is 0 Å². The maximum Gasteiger partial charge on any atom is 0.160 e. The first-order valence-corrected chi connectivity index (χ1v) is 35.6. The Bertz CT molecular complexity index is 6360. The second kappa shape index (κ2) is 24.8. The van der Waals surface area contributed by atoms with Crippen LogP contribution in [0.3, 0.4) is 0 Å². The van der Waals surface area contributed by atoms with Gasteiger partial charge in [0, 0.05) is 112 Å². The highest BCUT2D eigenvalue weighted by atomic mass is 15.0. The van der Waals surface area contributed by atoms with Crippen LogP contribution < -0.4 is 0 Å². The lowest BCUT2D eigenvalue weighted by molar-refractivity contribution is 0.657. The summed E-state index contributed by atoms with van der Waals surface area (Å²) in [5.41, 5.74) is 30.9. The van der Waals surface area contributed by atoms with Crippen LogP contribution in [0.2, 0.25) is 0 Å². The fourth-order valence-corrected chi connectivity index (χ4v) is 16.3. The number of fused-ring (bicyclic) bond motifs is 12. The van der Waals surface area contributed by atoms with Gasteiger partial charge < -0.3 is 9.13 Å². The van der Waals surface area contributed by atoms with Gasteiger partial charge in [0.05, 0.1) is 50.5 Å². The molecule has 0 unspecified atom stereocenters. The fraction of sp³-hybridized carbons (Fsp3) is 0.0625. The summed E-state index contributed by atoms with van der Waals surface area (Å²) in [6.45, 7) is 9.18. The Labute approximate surface area is 603 Å². The molecular formula is C96H68N8. The second-order valence-electron chi connectivity index (χ2n) is 28.2. The molecule has 6 aromatic heterocycles. The van der Waals surface area contributed by atoms with Crippen molar-refractivity contribution >= 4 is 43.6 Å². The molecule has 18 aromatic rings. The van der Waals surface area contributed by atoms with Crippen LogP contribution in [0.15, 0.2) is 340 Å². The van der Waals surface area contributed by atoms with Gasteiger partial charge in [0.1, 0.15) is 0 Å². The van der Waals surface area contributed by atoms with Crippen LogP contribution in [-0.2, 0) is 10.8 Å². The van der Waals surface area contributed by atoms with Crippen LogP contribution in [0.4, 0.5) is 0 Å². The Balaban J connectivity index is 0.000000143. The summed E-state index contributed by atoms with van der Waals surface area (Å²) in [5, 5.41) is 4.98. The van der Waals surface area contributed by atoms with Gasteiger partial charge in [0.25, 0.3) is 0 Å². The molecule has 8 nitrogen and oxygen atoms in total. The molecule has 0 N–H and O–H groups in total. The van der Waals surface area contributed by atoms with Crippen LogP contribution in [0, 0.1) is 0 Å². The molecule has 0 amide bonds. The number of pyridine rings is 2. The largest absolute Gasteiger partial charge is 0.309 e. The average Bonchev–Trinajstić information content (AvgIpc) is 1.55. The molecule has 0 aliphatic heterocycles. The van der Waals surface area contributed by atoms with Crippen molar-refractivity contribution in [2.24, 2.45) is 0 Å². The van der Waals surface area contributed by atoms with Gasteiger partial charge >= 0.3 is 0 Å². The van der Waals surface area contributed by atoms with E-state index < -0.39 is 0 Å². The van der Waals surface area contributed by atoms with Gasteiger partial charge in [-0.1, -0.05) is 258 Å². The zero-order valence-corrected chi connectivity index (χ0v) is 57.9. The number of hydrogen-bond donors (Lipinski definition) is 0. The Hall–Kier alpha value is -13.3. The van der Waals surface area contributed by atoms with E-state index in [4.69, 9.17) is 19.9 Å². The molecule has 0 fully saturated rings. The van der Waals surface area contributed by atoms with E-state index in [0.717, 1.165) is 84.6 Å². The maximum atomic E-state index is 5.37. The monoisotopic (exact) mass is 1330 g/mol. The molecule has 12 aromatic carbocycles. The van der Waals surface area contributed by atoms with Gasteiger partial charge in [0.15, 0.2) is 11.6 Å². The minimum absolute atomic E-state index is 0.248. The molecule has 0 atom stereocenters. The van der Waals surface area contributed by atoms with E-state index in [9.17, 15) is 0 Å². The molecule has 0 saturated carbocycles. The molecule has 2 aliphatic carbocycles.